The zero-order valence-corrected chi connectivity index (χ0v) is 12.2. The topological polar surface area (TPSA) is 15.3 Å². The first kappa shape index (κ1) is 14.9. The minimum absolute atomic E-state index is 0.567. The molecule has 2 aliphatic rings. The lowest BCUT2D eigenvalue weighted by atomic mass is 9.96. The van der Waals surface area contributed by atoms with Crippen LogP contribution in [0.25, 0.3) is 0 Å². The van der Waals surface area contributed by atoms with Crippen molar-refractivity contribution >= 4 is 0 Å². The van der Waals surface area contributed by atoms with Crippen molar-refractivity contribution in [2.75, 3.05) is 7.05 Å². The average molecular weight is 298 g/mol. The van der Waals surface area contributed by atoms with E-state index in [1.807, 2.05) is 7.05 Å². The number of hydrogen-bond acceptors (Lipinski definition) is 2. The first-order valence-electron chi connectivity index (χ1n) is 7.56. The number of alkyl halides is 3. The van der Waals surface area contributed by atoms with Gasteiger partial charge in [-0.05, 0) is 50.4 Å². The Balaban J connectivity index is 1.67. The predicted octanol–water partition coefficient (Wildman–Crippen LogP) is 3.42. The number of nitrogens with zero attached hydrogens (tertiary/aromatic N) is 1. The summed E-state index contributed by atoms with van der Waals surface area (Å²) in [5.41, 5.74) is 0.408. The molecule has 1 N–H and O–H groups in total. The number of benzene rings is 1. The Labute approximate surface area is 123 Å². The van der Waals surface area contributed by atoms with E-state index in [0.717, 1.165) is 24.9 Å². The lowest BCUT2D eigenvalue weighted by Gasteiger charge is -2.39. The van der Waals surface area contributed by atoms with Gasteiger partial charge in [0, 0.05) is 24.7 Å². The highest BCUT2D eigenvalue weighted by Crippen LogP contribution is 2.37. The minimum atomic E-state index is -4.25. The van der Waals surface area contributed by atoms with Crippen LogP contribution in [0.5, 0.6) is 0 Å². The van der Waals surface area contributed by atoms with Crippen LogP contribution in [0.3, 0.4) is 0 Å². The summed E-state index contributed by atoms with van der Waals surface area (Å²) >= 11 is 0. The maximum absolute atomic E-state index is 12.6. The third-order valence-electron chi connectivity index (χ3n) is 4.94. The summed E-state index contributed by atoms with van der Waals surface area (Å²) in [6, 6.07) is 7.35. The molecule has 2 fully saturated rings. The van der Waals surface area contributed by atoms with E-state index in [9.17, 15) is 13.2 Å². The Morgan fingerprint density at radius 3 is 2.14 bits per heavy atom. The number of fused-ring (bicyclic) bond motifs is 2. The van der Waals surface area contributed by atoms with Crippen LogP contribution in [0.4, 0.5) is 13.2 Å². The van der Waals surface area contributed by atoms with E-state index in [4.69, 9.17) is 0 Å². The maximum Gasteiger partial charge on any atom is 0.416 e. The zero-order chi connectivity index (χ0) is 15.0. The summed E-state index contributed by atoms with van der Waals surface area (Å²) in [5.74, 6) is 0. The van der Waals surface area contributed by atoms with Gasteiger partial charge in [0.25, 0.3) is 0 Å². The molecule has 2 nitrogen and oxygen atoms in total. The molecule has 2 saturated heterocycles. The molecule has 2 heterocycles. The lowest BCUT2D eigenvalue weighted by molar-refractivity contribution is -0.137. The van der Waals surface area contributed by atoms with Crippen LogP contribution >= 0.6 is 0 Å². The van der Waals surface area contributed by atoms with Gasteiger partial charge in [-0.25, -0.2) is 0 Å². The van der Waals surface area contributed by atoms with Crippen molar-refractivity contribution in [2.24, 2.45) is 0 Å². The van der Waals surface area contributed by atoms with Crippen LogP contribution in [0.15, 0.2) is 24.3 Å². The van der Waals surface area contributed by atoms with Gasteiger partial charge in [-0.1, -0.05) is 12.1 Å². The van der Waals surface area contributed by atoms with Crippen molar-refractivity contribution in [1.29, 1.82) is 0 Å². The van der Waals surface area contributed by atoms with Crippen LogP contribution in [-0.2, 0) is 12.7 Å². The van der Waals surface area contributed by atoms with Gasteiger partial charge in [0.05, 0.1) is 5.56 Å². The van der Waals surface area contributed by atoms with Gasteiger partial charge in [-0.2, -0.15) is 13.2 Å². The molecular weight excluding hydrogens is 277 g/mol. The maximum atomic E-state index is 12.6. The van der Waals surface area contributed by atoms with E-state index >= 15 is 0 Å². The van der Waals surface area contributed by atoms with Gasteiger partial charge in [0.1, 0.15) is 0 Å². The van der Waals surface area contributed by atoms with Crippen LogP contribution in [0.1, 0.15) is 36.8 Å². The molecular formula is C16H21F3N2. The van der Waals surface area contributed by atoms with Crippen molar-refractivity contribution < 1.29 is 13.2 Å². The van der Waals surface area contributed by atoms with Crippen molar-refractivity contribution in [3.05, 3.63) is 35.4 Å². The van der Waals surface area contributed by atoms with Crippen molar-refractivity contribution in [3.63, 3.8) is 0 Å². The standard InChI is InChI=1S/C16H21F3N2/c1-20-13-8-14-6-7-15(9-13)21(14)10-11-2-4-12(5-3-11)16(17,18)19/h2-5,13-15,20H,6-10H2,1H3. The summed E-state index contributed by atoms with van der Waals surface area (Å²) in [6.07, 6.45) is 0.469. The highest BCUT2D eigenvalue weighted by atomic mass is 19.4. The second-order valence-electron chi connectivity index (χ2n) is 6.21. The van der Waals surface area contributed by atoms with Gasteiger partial charge < -0.3 is 5.32 Å². The summed E-state index contributed by atoms with van der Waals surface area (Å²) in [5, 5.41) is 3.36. The molecule has 116 valence electrons. The van der Waals surface area contributed by atoms with Crippen molar-refractivity contribution in [1.82, 2.24) is 10.2 Å². The van der Waals surface area contributed by atoms with E-state index in [1.165, 1.54) is 25.0 Å². The van der Waals surface area contributed by atoms with Gasteiger partial charge in [-0.15, -0.1) is 0 Å². The van der Waals surface area contributed by atoms with E-state index in [2.05, 4.69) is 10.2 Å². The molecule has 3 rings (SSSR count). The van der Waals surface area contributed by atoms with E-state index in [1.54, 1.807) is 12.1 Å². The number of hydrogen-bond donors (Lipinski definition) is 1. The molecule has 21 heavy (non-hydrogen) atoms. The number of piperidine rings is 1. The number of halogens is 3. The molecule has 0 aromatic heterocycles. The normalized spacial score (nSPS) is 29.8. The smallest absolute Gasteiger partial charge is 0.317 e. The van der Waals surface area contributed by atoms with Crippen molar-refractivity contribution in [2.45, 2.75) is 56.5 Å². The number of nitrogens with one attached hydrogen (secondary N) is 1. The van der Waals surface area contributed by atoms with E-state index in [0.29, 0.717) is 18.1 Å². The Morgan fingerprint density at radius 1 is 1.10 bits per heavy atom. The average Bonchev–Trinajstić information content (AvgIpc) is 2.69. The lowest BCUT2D eigenvalue weighted by Crippen LogP contribution is -2.47. The van der Waals surface area contributed by atoms with E-state index < -0.39 is 11.7 Å². The van der Waals surface area contributed by atoms with Gasteiger partial charge in [0.2, 0.25) is 0 Å². The largest absolute Gasteiger partial charge is 0.416 e. The summed E-state index contributed by atoms with van der Waals surface area (Å²) in [4.78, 5) is 2.48. The first-order chi connectivity index (χ1) is 9.97. The molecule has 0 saturated carbocycles. The number of rotatable bonds is 3. The molecule has 1 aromatic rings. The SMILES string of the molecule is CNC1CC2CCC(C1)N2Cc1ccc(C(F)(F)F)cc1. The fraction of sp³-hybridized carbons (Fsp3) is 0.625. The third kappa shape index (κ3) is 3.09. The fourth-order valence-electron chi connectivity index (χ4n) is 3.78. The fourth-order valence-corrected chi connectivity index (χ4v) is 3.78. The van der Waals surface area contributed by atoms with Crippen LogP contribution < -0.4 is 5.32 Å². The quantitative estimate of drug-likeness (QED) is 0.920. The molecule has 2 aliphatic heterocycles. The second kappa shape index (κ2) is 5.61. The van der Waals surface area contributed by atoms with Crippen LogP contribution in [-0.4, -0.2) is 30.1 Å². The molecule has 1 aromatic carbocycles. The Kier molecular flexibility index (Phi) is 3.97. The highest BCUT2D eigenvalue weighted by molar-refractivity contribution is 5.25. The van der Waals surface area contributed by atoms with Crippen LogP contribution in [0.2, 0.25) is 0 Å². The minimum Gasteiger partial charge on any atom is -0.317 e. The molecule has 0 amide bonds. The van der Waals surface area contributed by atoms with Gasteiger partial charge in [0.15, 0.2) is 0 Å². The molecule has 0 aliphatic carbocycles. The van der Waals surface area contributed by atoms with Crippen LogP contribution in [0, 0.1) is 0 Å². The van der Waals surface area contributed by atoms with Gasteiger partial charge >= 0.3 is 6.18 Å². The Bertz CT molecular complexity index is 469. The van der Waals surface area contributed by atoms with E-state index in [-0.39, 0.29) is 0 Å². The first-order valence-corrected chi connectivity index (χ1v) is 7.56. The zero-order valence-electron chi connectivity index (χ0n) is 12.2. The van der Waals surface area contributed by atoms with Crippen molar-refractivity contribution in [3.8, 4) is 0 Å². The molecule has 5 heteroatoms. The molecule has 2 bridgehead atoms. The summed E-state index contributed by atoms with van der Waals surface area (Å²) < 4.78 is 37.7. The monoisotopic (exact) mass is 298 g/mol. The highest BCUT2D eigenvalue weighted by Gasteiger charge is 2.40. The molecule has 2 atom stereocenters. The Morgan fingerprint density at radius 2 is 1.67 bits per heavy atom. The molecule has 2 unspecified atom stereocenters. The Hall–Kier alpha value is -1.07. The summed E-state index contributed by atoms with van der Waals surface area (Å²) in [6.45, 7) is 0.768. The second-order valence-corrected chi connectivity index (χ2v) is 6.21. The summed E-state index contributed by atoms with van der Waals surface area (Å²) in [7, 11) is 2.01. The molecule has 0 radical (unpaired) electrons. The predicted molar refractivity (Wildman–Crippen MR) is 75.9 cm³/mol. The van der Waals surface area contributed by atoms with Gasteiger partial charge in [-0.3, -0.25) is 4.90 Å². The third-order valence-corrected chi connectivity index (χ3v) is 4.94. The molecule has 0 spiro atoms.